The van der Waals surface area contributed by atoms with Crippen molar-refractivity contribution in [3.05, 3.63) is 11.6 Å². The monoisotopic (exact) mass is 634 g/mol. The average molecular weight is 635 g/mol. The molecule has 9 heteroatoms. The number of rotatable bonds is 4. The SMILES string of the molecule is CC1(C)CC[C@]2(C(=O)O)[C@H](O)C[C@]3(C)C(=CC[C@@H]4[C@]5(C)CC[C@@H](O[C@@H]6O[C@H](CO)[C@@H](O)[C@H](O)[C@H]6O)C(C)(C)[C@H]5CC[C@]43C)[C@H]2C1. The Hall–Kier alpha value is -1.07. The number of carboxylic acid groups (broad SMARTS) is 1. The summed E-state index contributed by atoms with van der Waals surface area (Å²) in [4.78, 5) is 13.0. The molecule has 256 valence electrons. The van der Waals surface area contributed by atoms with Gasteiger partial charge in [-0.1, -0.05) is 60.1 Å². The summed E-state index contributed by atoms with van der Waals surface area (Å²) in [5.74, 6) is -0.382. The largest absolute Gasteiger partial charge is 0.481 e. The minimum atomic E-state index is -1.47. The fraction of sp³-hybridized carbons (Fsp3) is 0.917. The summed E-state index contributed by atoms with van der Waals surface area (Å²) in [6.07, 6.45) is 1.79. The number of aliphatic carboxylic acids is 1. The maximum Gasteiger partial charge on any atom is 0.312 e. The summed E-state index contributed by atoms with van der Waals surface area (Å²) in [5.41, 5.74) is -0.571. The predicted octanol–water partition coefficient (Wildman–Crippen LogP) is 4.03. The molecule has 0 aromatic rings. The predicted molar refractivity (Wildman–Crippen MR) is 167 cm³/mol. The Balaban J connectivity index is 1.31. The summed E-state index contributed by atoms with van der Waals surface area (Å²) in [5, 5.41) is 63.5. The molecule has 1 heterocycles. The number of aliphatic hydroxyl groups excluding tert-OH is 5. The van der Waals surface area contributed by atoms with Gasteiger partial charge in [0.1, 0.15) is 29.8 Å². The zero-order valence-electron chi connectivity index (χ0n) is 28.3. The van der Waals surface area contributed by atoms with Crippen LogP contribution in [0.15, 0.2) is 11.6 Å². The van der Waals surface area contributed by atoms with E-state index < -0.39 is 54.8 Å². The van der Waals surface area contributed by atoms with Crippen LogP contribution in [-0.4, -0.2) is 86.1 Å². The van der Waals surface area contributed by atoms with Gasteiger partial charge in [-0.25, -0.2) is 0 Å². The lowest BCUT2D eigenvalue weighted by molar-refractivity contribution is -0.330. The van der Waals surface area contributed by atoms with Crippen molar-refractivity contribution in [3.63, 3.8) is 0 Å². The van der Waals surface area contributed by atoms with Crippen LogP contribution in [0.2, 0.25) is 0 Å². The van der Waals surface area contributed by atoms with Gasteiger partial charge in [-0.2, -0.15) is 0 Å². The van der Waals surface area contributed by atoms with Crippen molar-refractivity contribution in [1.82, 2.24) is 0 Å². The van der Waals surface area contributed by atoms with Crippen LogP contribution in [-0.2, 0) is 14.3 Å². The van der Waals surface area contributed by atoms with Gasteiger partial charge in [0.05, 0.1) is 18.8 Å². The van der Waals surface area contributed by atoms with Crippen molar-refractivity contribution in [3.8, 4) is 0 Å². The van der Waals surface area contributed by atoms with Crippen LogP contribution >= 0.6 is 0 Å². The van der Waals surface area contributed by atoms with Crippen molar-refractivity contribution in [2.75, 3.05) is 6.61 Å². The van der Waals surface area contributed by atoms with Crippen molar-refractivity contribution >= 4 is 5.97 Å². The topological polar surface area (TPSA) is 157 Å². The van der Waals surface area contributed by atoms with Crippen LogP contribution in [0.3, 0.4) is 0 Å². The number of hydrogen-bond acceptors (Lipinski definition) is 8. The first kappa shape index (κ1) is 33.8. The maximum absolute atomic E-state index is 13.0. The summed E-state index contributed by atoms with van der Waals surface area (Å²) in [6.45, 7) is 15.6. The van der Waals surface area contributed by atoms with Gasteiger partial charge in [-0.3, -0.25) is 4.79 Å². The van der Waals surface area contributed by atoms with E-state index in [9.17, 15) is 35.4 Å². The van der Waals surface area contributed by atoms with E-state index >= 15 is 0 Å². The number of hydrogen-bond donors (Lipinski definition) is 6. The van der Waals surface area contributed by atoms with E-state index in [1.165, 1.54) is 5.57 Å². The molecular formula is C36H58O9. The second-order valence-corrected chi connectivity index (χ2v) is 18.0. The third-order valence-corrected chi connectivity index (χ3v) is 15.2. The molecule has 0 bridgehead atoms. The standard InChI is InChI=1S/C36H58O9/c1-31(2)14-15-36(30(42)43)20(16-31)19-8-9-23-33(5)12-11-25(45-29-28(41)27(40)26(39)21(18-37)44-29)32(3,4)22(33)10-13-34(23,6)35(19,7)17-24(36)38/h8,20-29,37-41H,9-18H2,1-7H3,(H,42,43)/t20-,21-,22-,23-,24-,25-,26-,27+,28-,29+,33-,34-,35-,36-/m1/s1. The number of aliphatic hydroxyl groups is 5. The van der Waals surface area contributed by atoms with Crippen LogP contribution < -0.4 is 0 Å². The summed E-state index contributed by atoms with van der Waals surface area (Å²) in [7, 11) is 0. The molecule has 4 saturated carbocycles. The van der Waals surface area contributed by atoms with Crippen LogP contribution in [0.4, 0.5) is 0 Å². The molecule has 1 saturated heterocycles. The van der Waals surface area contributed by atoms with Gasteiger partial charge >= 0.3 is 5.97 Å². The van der Waals surface area contributed by atoms with Gasteiger partial charge in [0, 0.05) is 0 Å². The Bertz CT molecular complexity index is 1210. The molecule has 5 fully saturated rings. The van der Waals surface area contributed by atoms with E-state index in [0.29, 0.717) is 24.7 Å². The fourth-order valence-corrected chi connectivity index (χ4v) is 12.3. The lowest BCUT2D eigenvalue weighted by atomic mass is 9.33. The van der Waals surface area contributed by atoms with E-state index in [-0.39, 0.29) is 39.1 Å². The fourth-order valence-electron chi connectivity index (χ4n) is 12.3. The molecule has 6 N–H and O–H groups in total. The van der Waals surface area contributed by atoms with Gasteiger partial charge < -0.3 is 40.1 Å². The Morgan fingerprint density at radius 2 is 1.58 bits per heavy atom. The molecule has 6 rings (SSSR count). The third-order valence-electron chi connectivity index (χ3n) is 15.2. The van der Waals surface area contributed by atoms with Gasteiger partial charge in [-0.05, 0) is 103 Å². The van der Waals surface area contributed by atoms with Gasteiger partial charge in [-0.15, -0.1) is 0 Å². The zero-order valence-corrected chi connectivity index (χ0v) is 28.3. The minimum absolute atomic E-state index is 0.0210. The second-order valence-electron chi connectivity index (χ2n) is 18.0. The molecule has 1 aliphatic heterocycles. The van der Waals surface area contributed by atoms with E-state index in [1.54, 1.807) is 0 Å². The van der Waals surface area contributed by atoms with Crippen molar-refractivity contribution < 1.29 is 44.9 Å². The molecule has 45 heavy (non-hydrogen) atoms. The van der Waals surface area contributed by atoms with E-state index in [4.69, 9.17) is 9.47 Å². The number of fused-ring (bicyclic) bond motifs is 7. The molecule has 0 aromatic heterocycles. The maximum atomic E-state index is 13.0. The quantitative estimate of drug-likeness (QED) is 0.199. The second kappa shape index (κ2) is 10.7. The van der Waals surface area contributed by atoms with E-state index in [0.717, 1.165) is 44.9 Å². The highest BCUT2D eigenvalue weighted by atomic mass is 16.7. The molecule has 9 nitrogen and oxygen atoms in total. The average Bonchev–Trinajstić information content (AvgIpc) is 2.94. The van der Waals surface area contributed by atoms with Gasteiger partial charge in [0.2, 0.25) is 0 Å². The number of carbonyl (C=O) groups is 1. The van der Waals surface area contributed by atoms with Crippen LogP contribution in [0.5, 0.6) is 0 Å². The molecule has 5 aliphatic carbocycles. The normalized spacial score (nSPS) is 53.6. The molecule has 0 aromatic carbocycles. The highest BCUT2D eigenvalue weighted by Gasteiger charge is 2.71. The molecule has 0 spiro atoms. The summed E-state index contributed by atoms with van der Waals surface area (Å²) in [6, 6.07) is 0. The Kier molecular flexibility index (Phi) is 8.05. The molecule has 0 amide bonds. The molecule has 6 aliphatic rings. The van der Waals surface area contributed by atoms with Gasteiger partial charge in [0.15, 0.2) is 6.29 Å². The first-order valence-corrected chi connectivity index (χ1v) is 17.4. The summed E-state index contributed by atoms with van der Waals surface area (Å²) < 4.78 is 12.2. The Morgan fingerprint density at radius 1 is 0.889 bits per heavy atom. The number of allylic oxidation sites excluding steroid dienone is 2. The van der Waals surface area contributed by atoms with Gasteiger partial charge in [0.25, 0.3) is 0 Å². The number of carboxylic acids is 1. The highest BCUT2D eigenvalue weighted by Crippen LogP contribution is 2.76. The smallest absolute Gasteiger partial charge is 0.312 e. The molecule has 0 unspecified atom stereocenters. The van der Waals surface area contributed by atoms with Crippen LogP contribution in [0.25, 0.3) is 0 Å². The third kappa shape index (κ3) is 4.54. The summed E-state index contributed by atoms with van der Waals surface area (Å²) >= 11 is 0. The zero-order chi connectivity index (χ0) is 33.1. The number of ether oxygens (including phenoxy) is 2. The van der Waals surface area contributed by atoms with Crippen LogP contribution in [0.1, 0.15) is 106 Å². The van der Waals surface area contributed by atoms with Crippen molar-refractivity contribution in [2.24, 2.45) is 50.2 Å². The first-order valence-electron chi connectivity index (χ1n) is 17.4. The van der Waals surface area contributed by atoms with Crippen molar-refractivity contribution in [1.29, 1.82) is 0 Å². The van der Waals surface area contributed by atoms with Crippen LogP contribution in [0, 0.1) is 50.2 Å². The van der Waals surface area contributed by atoms with Crippen molar-refractivity contribution in [2.45, 2.75) is 149 Å². The first-order chi connectivity index (χ1) is 20.8. The molecule has 0 radical (unpaired) electrons. The lowest BCUT2D eigenvalue weighted by Crippen LogP contribution is -2.68. The highest BCUT2D eigenvalue weighted by molar-refractivity contribution is 5.77. The van der Waals surface area contributed by atoms with E-state index in [1.807, 2.05) is 0 Å². The molecule has 14 atom stereocenters. The van der Waals surface area contributed by atoms with E-state index in [2.05, 4.69) is 54.5 Å². The minimum Gasteiger partial charge on any atom is -0.481 e. The lowest BCUT2D eigenvalue weighted by Gasteiger charge is -2.71. The Morgan fingerprint density at radius 3 is 2.22 bits per heavy atom. The Labute approximate surface area is 268 Å². The molecular weight excluding hydrogens is 576 g/mol.